The molecule has 8 heteroatoms. The van der Waals surface area contributed by atoms with Crippen molar-refractivity contribution in [1.29, 1.82) is 0 Å². The lowest BCUT2D eigenvalue weighted by Gasteiger charge is -2.37. The highest BCUT2D eigenvalue weighted by atomic mass is 79.9. The second-order valence-electron chi connectivity index (χ2n) is 6.54. The normalized spacial score (nSPS) is 30.4. The van der Waals surface area contributed by atoms with Crippen molar-refractivity contribution in [2.75, 3.05) is 0 Å². The Morgan fingerprint density at radius 2 is 1.76 bits per heavy atom. The first kappa shape index (κ1) is 16.1. The van der Waals surface area contributed by atoms with Crippen molar-refractivity contribution in [3.05, 3.63) is 50.5 Å². The minimum absolute atomic E-state index is 0.0500. The monoisotopic (exact) mass is 403 g/mol. The Labute approximate surface area is 151 Å². The lowest BCUT2D eigenvalue weighted by Crippen LogP contribution is -2.38. The Bertz CT molecular complexity index is 818. The average molecular weight is 404 g/mol. The summed E-state index contributed by atoms with van der Waals surface area (Å²) in [6, 6.07) is 4.23. The molecule has 7 nitrogen and oxygen atoms in total. The summed E-state index contributed by atoms with van der Waals surface area (Å²) in [5, 5.41) is 15.8. The van der Waals surface area contributed by atoms with E-state index in [4.69, 9.17) is 0 Å². The molecule has 3 aliphatic carbocycles. The number of fused-ring (bicyclic) bond motifs is 1. The molecule has 2 bridgehead atoms. The first-order valence-corrected chi connectivity index (χ1v) is 8.80. The van der Waals surface area contributed by atoms with Crippen LogP contribution in [0, 0.1) is 33.8 Å². The maximum Gasteiger partial charge on any atom is 0.270 e. The van der Waals surface area contributed by atoms with E-state index >= 15 is 0 Å². The number of benzene rings is 1. The maximum atomic E-state index is 12.6. The van der Waals surface area contributed by atoms with Crippen LogP contribution in [0.4, 0.5) is 5.69 Å². The van der Waals surface area contributed by atoms with Crippen molar-refractivity contribution < 1.29 is 14.5 Å². The van der Waals surface area contributed by atoms with E-state index in [2.05, 4.69) is 33.2 Å². The van der Waals surface area contributed by atoms with Gasteiger partial charge in [-0.15, -0.1) is 0 Å². The zero-order valence-corrected chi connectivity index (χ0v) is 14.6. The molecule has 0 unspecified atom stereocenters. The van der Waals surface area contributed by atoms with Crippen molar-refractivity contribution in [3.63, 3.8) is 0 Å². The molecule has 1 heterocycles. The lowest BCUT2D eigenvalue weighted by molar-refractivity contribution is -0.384. The van der Waals surface area contributed by atoms with Crippen molar-refractivity contribution >= 4 is 39.6 Å². The molecule has 1 aromatic rings. The van der Waals surface area contributed by atoms with Gasteiger partial charge >= 0.3 is 0 Å². The highest BCUT2D eigenvalue weighted by Crippen LogP contribution is 2.49. The van der Waals surface area contributed by atoms with Gasteiger partial charge in [0.1, 0.15) is 0 Å². The van der Waals surface area contributed by atoms with E-state index in [-0.39, 0.29) is 41.2 Å². The Balaban J connectivity index is 1.59. The third-order valence-corrected chi connectivity index (χ3v) is 5.93. The summed E-state index contributed by atoms with van der Waals surface area (Å²) in [5.74, 6) is -0.843. The third-order valence-electron chi connectivity index (χ3n) is 5.24. The van der Waals surface area contributed by atoms with Crippen molar-refractivity contribution in [3.8, 4) is 0 Å². The SMILES string of the molecule is O=C1[C@H]2[C@H](C(=O)N1/N=C\c1ccc([N+](=O)[O-])cc1Br)[C@H]1C=C[C@H]2CC1. The topological polar surface area (TPSA) is 92.9 Å². The predicted molar refractivity (Wildman–Crippen MR) is 92.6 cm³/mol. The van der Waals surface area contributed by atoms with Crippen molar-refractivity contribution in [2.45, 2.75) is 12.8 Å². The smallest absolute Gasteiger partial charge is 0.270 e. The van der Waals surface area contributed by atoms with Crippen LogP contribution in [0.25, 0.3) is 0 Å². The van der Waals surface area contributed by atoms with E-state index < -0.39 is 4.92 Å². The van der Waals surface area contributed by atoms with Gasteiger partial charge in [-0.05, 0) is 46.7 Å². The standard InChI is InChI=1S/C17H14BrN3O4/c18-13-7-12(21(24)25)6-5-11(13)8-19-20-16(22)14-9-1-2-10(4-3-9)15(14)17(20)23/h1-2,5-10,14-15H,3-4H2/b19-8-/t9-,10-,14+,15+/m0/s1. The lowest BCUT2D eigenvalue weighted by atomic mass is 9.63. The second kappa shape index (κ2) is 5.87. The number of nitro benzene ring substituents is 1. The summed E-state index contributed by atoms with van der Waals surface area (Å²) in [4.78, 5) is 35.6. The molecule has 5 rings (SSSR count). The molecule has 1 aromatic carbocycles. The van der Waals surface area contributed by atoms with E-state index in [1.54, 1.807) is 0 Å². The van der Waals surface area contributed by atoms with Crippen molar-refractivity contribution in [2.24, 2.45) is 28.8 Å². The third kappa shape index (κ3) is 2.52. The van der Waals surface area contributed by atoms with Crippen LogP contribution in [0.2, 0.25) is 0 Å². The summed E-state index contributed by atoms with van der Waals surface area (Å²) in [6.07, 6.45) is 7.37. The van der Waals surface area contributed by atoms with E-state index in [1.807, 2.05) is 0 Å². The molecule has 2 fully saturated rings. The molecule has 0 spiro atoms. The van der Waals surface area contributed by atoms with Gasteiger partial charge in [0.25, 0.3) is 17.5 Å². The quantitative estimate of drug-likeness (QED) is 0.255. The van der Waals surface area contributed by atoms with Gasteiger partial charge in [0.05, 0.1) is 23.0 Å². The molecule has 128 valence electrons. The summed E-state index contributed by atoms with van der Waals surface area (Å²) < 4.78 is 0.476. The Morgan fingerprint density at radius 3 is 2.24 bits per heavy atom. The molecule has 1 saturated heterocycles. The van der Waals surface area contributed by atoms with E-state index in [0.29, 0.717) is 10.0 Å². The Morgan fingerprint density at radius 1 is 1.16 bits per heavy atom. The van der Waals surface area contributed by atoms with Crippen LogP contribution < -0.4 is 0 Å². The van der Waals surface area contributed by atoms with Gasteiger partial charge in [0.15, 0.2) is 0 Å². The summed E-state index contributed by atoms with van der Waals surface area (Å²) >= 11 is 3.25. The Kier molecular flexibility index (Phi) is 3.79. The summed E-state index contributed by atoms with van der Waals surface area (Å²) in [7, 11) is 0. The zero-order chi connectivity index (χ0) is 17.7. The number of allylic oxidation sites excluding steroid dienone is 2. The van der Waals surface area contributed by atoms with Gasteiger partial charge < -0.3 is 0 Å². The predicted octanol–water partition coefficient (Wildman–Crippen LogP) is 2.89. The fraction of sp³-hybridized carbons (Fsp3) is 0.353. The number of imide groups is 1. The number of carbonyl (C=O) groups excluding carboxylic acids is 2. The van der Waals surface area contributed by atoms with Gasteiger partial charge in [0.2, 0.25) is 0 Å². The first-order chi connectivity index (χ1) is 12.0. The van der Waals surface area contributed by atoms with Crippen LogP contribution >= 0.6 is 15.9 Å². The molecular formula is C17H14BrN3O4. The molecule has 2 amide bonds. The number of nitrogens with zero attached hydrogens (tertiary/aromatic N) is 3. The number of halogens is 1. The van der Waals surface area contributed by atoms with Crippen LogP contribution in [0.1, 0.15) is 18.4 Å². The number of nitro groups is 1. The van der Waals surface area contributed by atoms with E-state index in [1.165, 1.54) is 24.4 Å². The number of amides is 2. The molecule has 1 aliphatic heterocycles. The number of rotatable bonds is 3. The zero-order valence-electron chi connectivity index (χ0n) is 13.0. The number of carbonyl (C=O) groups is 2. The number of hydrogen-bond acceptors (Lipinski definition) is 5. The molecular weight excluding hydrogens is 390 g/mol. The van der Waals surface area contributed by atoms with Crippen molar-refractivity contribution in [1.82, 2.24) is 5.01 Å². The minimum atomic E-state index is -0.493. The molecule has 0 radical (unpaired) electrons. The largest absolute Gasteiger partial charge is 0.272 e. The molecule has 0 N–H and O–H groups in total. The van der Waals surface area contributed by atoms with Crippen LogP contribution in [-0.4, -0.2) is 28.0 Å². The molecule has 4 atom stereocenters. The van der Waals surface area contributed by atoms with Crippen LogP contribution in [0.3, 0.4) is 0 Å². The van der Waals surface area contributed by atoms with Gasteiger partial charge in [-0.25, -0.2) is 0 Å². The van der Waals surface area contributed by atoms with Gasteiger partial charge in [-0.3, -0.25) is 19.7 Å². The van der Waals surface area contributed by atoms with Crippen LogP contribution in [0.5, 0.6) is 0 Å². The molecule has 4 aliphatic rings. The molecule has 25 heavy (non-hydrogen) atoms. The van der Waals surface area contributed by atoms with Crippen LogP contribution in [0.15, 0.2) is 39.9 Å². The summed E-state index contributed by atoms with van der Waals surface area (Å²) in [5.41, 5.74) is 0.508. The van der Waals surface area contributed by atoms with E-state index in [0.717, 1.165) is 17.9 Å². The van der Waals surface area contributed by atoms with Gasteiger partial charge in [0, 0.05) is 22.2 Å². The van der Waals surface area contributed by atoms with Gasteiger partial charge in [-0.2, -0.15) is 10.1 Å². The summed E-state index contributed by atoms with van der Waals surface area (Å²) in [6.45, 7) is 0. The fourth-order valence-corrected chi connectivity index (χ4v) is 4.50. The average Bonchev–Trinajstić information content (AvgIpc) is 2.88. The first-order valence-electron chi connectivity index (χ1n) is 8.01. The second-order valence-corrected chi connectivity index (χ2v) is 7.39. The van der Waals surface area contributed by atoms with Gasteiger partial charge in [-0.1, -0.05) is 12.2 Å². The molecule has 1 saturated carbocycles. The Hall–Kier alpha value is -2.35. The highest BCUT2D eigenvalue weighted by Gasteiger charge is 2.56. The minimum Gasteiger partial charge on any atom is -0.272 e. The van der Waals surface area contributed by atoms with Crippen LogP contribution in [-0.2, 0) is 9.59 Å². The van der Waals surface area contributed by atoms with E-state index in [9.17, 15) is 19.7 Å². The number of hydrazone groups is 1. The molecule has 0 aromatic heterocycles. The highest BCUT2D eigenvalue weighted by molar-refractivity contribution is 9.10. The maximum absolute atomic E-state index is 12.6. The number of non-ortho nitro benzene ring substituents is 1. The fourth-order valence-electron chi connectivity index (χ4n) is 4.03. The number of hydrogen-bond donors (Lipinski definition) is 0.